The minimum Gasteiger partial charge on any atom is -0.384 e. The first-order chi connectivity index (χ1) is 13.0. The average molecular weight is 383 g/mol. The van der Waals surface area contributed by atoms with Crippen molar-refractivity contribution in [3.05, 3.63) is 65.3 Å². The van der Waals surface area contributed by atoms with E-state index < -0.39 is 0 Å². The van der Waals surface area contributed by atoms with Gasteiger partial charge in [0.25, 0.3) is 5.91 Å². The number of halogens is 1. The number of benzene rings is 2. The zero-order valence-electron chi connectivity index (χ0n) is 15.5. The number of anilines is 2. The first-order valence-electron chi connectivity index (χ1n) is 8.88. The highest BCUT2D eigenvalue weighted by atomic mass is 35.5. The van der Waals surface area contributed by atoms with Crippen molar-refractivity contribution in [2.75, 3.05) is 37.8 Å². The Labute approximate surface area is 164 Å². The molecular weight excluding hydrogens is 360 g/mol. The van der Waals surface area contributed by atoms with E-state index in [0.717, 1.165) is 36.1 Å². The topological polar surface area (TPSA) is 57.3 Å². The van der Waals surface area contributed by atoms with Crippen molar-refractivity contribution in [1.82, 2.24) is 9.88 Å². The third kappa shape index (κ3) is 4.96. The third-order valence-electron chi connectivity index (χ3n) is 4.21. The lowest BCUT2D eigenvalue weighted by Crippen LogP contribution is -2.19. The van der Waals surface area contributed by atoms with Crippen LogP contribution in [-0.2, 0) is 0 Å². The van der Waals surface area contributed by atoms with E-state index in [2.05, 4.69) is 20.5 Å². The van der Waals surface area contributed by atoms with Crippen LogP contribution in [-0.4, -0.2) is 43.0 Å². The number of nitrogens with zero attached hydrogens (tertiary/aromatic N) is 2. The van der Waals surface area contributed by atoms with Crippen LogP contribution in [0, 0.1) is 0 Å². The number of amides is 1. The maximum absolute atomic E-state index is 12.9. The summed E-state index contributed by atoms with van der Waals surface area (Å²) in [7, 11) is 4.10. The standard InChI is InChI=1S/C21H23ClN4O/c1-26(2)13-5-12-23-20-17-6-3-4-7-19(17)24-14-18(20)21(27)25-16-10-8-15(22)9-11-16/h3-4,6-11,14H,5,12-13H2,1-2H3,(H,23,24)(H,25,27). The normalized spacial score (nSPS) is 11.0. The second-order valence-corrected chi connectivity index (χ2v) is 7.05. The average Bonchev–Trinajstić information content (AvgIpc) is 2.66. The van der Waals surface area contributed by atoms with E-state index in [1.54, 1.807) is 30.5 Å². The van der Waals surface area contributed by atoms with Crippen molar-refractivity contribution in [2.45, 2.75) is 6.42 Å². The maximum atomic E-state index is 12.9. The largest absolute Gasteiger partial charge is 0.384 e. The summed E-state index contributed by atoms with van der Waals surface area (Å²) in [5, 5.41) is 7.92. The number of hydrogen-bond donors (Lipinski definition) is 2. The number of para-hydroxylation sites is 1. The van der Waals surface area contributed by atoms with Crippen LogP contribution >= 0.6 is 11.6 Å². The van der Waals surface area contributed by atoms with E-state index in [4.69, 9.17) is 11.6 Å². The highest BCUT2D eigenvalue weighted by Gasteiger charge is 2.15. The predicted molar refractivity (Wildman–Crippen MR) is 113 cm³/mol. The molecule has 140 valence electrons. The summed E-state index contributed by atoms with van der Waals surface area (Å²) in [4.78, 5) is 19.5. The van der Waals surface area contributed by atoms with Crippen LogP contribution in [0.1, 0.15) is 16.8 Å². The van der Waals surface area contributed by atoms with Crippen molar-refractivity contribution in [1.29, 1.82) is 0 Å². The Kier molecular flexibility index (Phi) is 6.27. The third-order valence-corrected chi connectivity index (χ3v) is 4.46. The molecular formula is C21H23ClN4O. The Morgan fingerprint density at radius 3 is 2.59 bits per heavy atom. The van der Waals surface area contributed by atoms with E-state index >= 15 is 0 Å². The summed E-state index contributed by atoms with van der Waals surface area (Å²) in [6.07, 6.45) is 2.60. The second kappa shape index (κ2) is 8.84. The molecule has 0 spiro atoms. The lowest BCUT2D eigenvalue weighted by molar-refractivity contribution is 0.102. The zero-order chi connectivity index (χ0) is 19.2. The molecule has 0 aliphatic rings. The van der Waals surface area contributed by atoms with Crippen molar-refractivity contribution >= 4 is 39.8 Å². The predicted octanol–water partition coefficient (Wildman–Crippen LogP) is 4.50. The molecule has 27 heavy (non-hydrogen) atoms. The Balaban J connectivity index is 1.87. The molecule has 0 fully saturated rings. The summed E-state index contributed by atoms with van der Waals surface area (Å²) in [6.45, 7) is 1.75. The molecule has 0 saturated heterocycles. The molecule has 5 nitrogen and oxygen atoms in total. The summed E-state index contributed by atoms with van der Waals surface area (Å²) in [6, 6.07) is 14.9. The van der Waals surface area contributed by atoms with E-state index in [9.17, 15) is 4.79 Å². The van der Waals surface area contributed by atoms with Gasteiger partial charge in [-0.3, -0.25) is 9.78 Å². The van der Waals surface area contributed by atoms with Gasteiger partial charge in [-0.2, -0.15) is 0 Å². The molecule has 2 N–H and O–H groups in total. The van der Waals surface area contributed by atoms with Crippen LogP contribution in [0.3, 0.4) is 0 Å². The van der Waals surface area contributed by atoms with Gasteiger partial charge < -0.3 is 15.5 Å². The molecule has 3 aromatic rings. The quantitative estimate of drug-likeness (QED) is 0.590. The summed E-state index contributed by atoms with van der Waals surface area (Å²) in [5.41, 5.74) is 2.88. The van der Waals surface area contributed by atoms with E-state index in [1.165, 1.54) is 0 Å². The van der Waals surface area contributed by atoms with Crippen LogP contribution in [0.4, 0.5) is 11.4 Å². The molecule has 0 atom stereocenters. The molecule has 1 aromatic heterocycles. The Bertz CT molecular complexity index is 925. The molecule has 0 bridgehead atoms. The number of nitrogens with one attached hydrogen (secondary N) is 2. The SMILES string of the molecule is CN(C)CCCNc1c(C(=O)Nc2ccc(Cl)cc2)cnc2ccccc12. The molecule has 6 heteroatoms. The summed E-state index contributed by atoms with van der Waals surface area (Å²) in [5.74, 6) is -0.203. The summed E-state index contributed by atoms with van der Waals surface area (Å²) < 4.78 is 0. The van der Waals surface area contributed by atoms with Gasteiger partial charge in [0.15, 0.2) is 0 Å². The molecule has 0 radical (unpaired) electrons. The van der Waals surface area contributed by atoms with Crippen molar-refractivity contribution in [3.8, 4) is 0 Å². The van der Waals surface area contributed by atoms with Crippen LogP contribution in [0.5, 0.6) is 0 Å². The number of aromatic nitrogens is 1. The van der Waals surface area contributed by atoms with Gasteiger partial charge in [0, 0.05) is 28.8 Å². The molecule has 1 heterocycles. The fourth-order valence-corrected chi connectivity index (χ4v) is 2.97. The fraction of sp³-hybridized carbons (Fsp3) is 0.238. The van der Waals surface area contributed by atoms with Gasteiger partial charge in [-0.25, -0.2) is 0 Å². The number of fused-ring (bicyclic) bond motifs is 1. The number of hydrogen-bond acceptors (Lipinski definition) is 4. The Morgan fingerprint density at radius 2 is 1.85 bits per heavy atom. The molecule has 0 aliphatic heterocycles. The highest BCUT2D eigenvalue weighted by molar-refractivity contribution is 6.30. The molecule has 0 saturated carbocycles. The molecule has 3 rings (SSSR count). The fourth-order valence-electron chi connectivity index (χ4n) is 2.84. The Hall–Kier alpha value is -2.63. The van der Waals surface area contributed by atoms with Crippen molar-refractivity contribution < 1.29 is 4.79 Å². The van der Waals surface area contributed by atoms with Gasteiger partial charge >= 0.3 is 0 Å². The molecule has 0 aliphatic carbocycles. The van der Waals surface area contributed by atoms with Crippen LogP contribution < -0.4 is 10.6 Å². The van der Waals surface area contributed by atoms with Crippen LogP contribution in [0.2, 0.25) is 5.02 Å². The lowest BCUT2D eigenvalue weighted by Gasteiger charge is -2.16. The zero-order valence-corrected chi connectivity index (χ0v) is 16.3. The van der Waals surface area contributed by atoms with Gasteiger partial charge in [-0.05, 0) is 57.4 Å². The summed E-state index contributed by atoms with van der Waals surface area (Å²) >= 11 is 5.91. The van der Waals surface area contributed by atoms with Gasteiger partial charge in [0.1, 0.15) is 0 Å². The molecule has 2 aromatic carbocycles. The van der Waals surface area contributed by atoms with Gasteiger partial charge in [0.05, 0.1) is 16.8 Å². The number of carbonyl (C=O) groups excluding carboxylic acids is 1. The van der Waals surface area contributed by atoms with Gasteiger partial charge in [-0.1, -0.05) is 29.8 Å². The van der Waals surface area contributed by atoms with Crippen molar-refractivity contribution in [3.63, 3.8) is 0 Å². The number of rotatable bonds is 7. The number of carbonyl (C=O) groups is 1. The van der Waals surface area contributed by atoms with Crippen molar-refractivity contribution in [2.24, 2.45) is 0 Å². The minimum atomic E-state index is -0.203. The first kappa shape index (κ1) is 19.1. The number of pyridine rings is 1. The monoisotopic (exact) mass is 382 g/mol. The lowest BCUT2D eigenvalue weighted by atomic mass is 10.1. The van der Waals surface area contributed by atoms with Crippen LogP contribution in [0.25, 0.3) is 10.9 Å². The van der Waals surface area contributed by atoms with Gasteiger partial charge in [0.2, 0.25) is 0 Å². The van der Waals surface area contributed by atoms with Gasteiger partial charge in [-0.15, -0.1) is 0 Å². The van der Waals surface area contributed by atoms with E-state index in [1.807, 2.05) is 38.4 Å². The highest BCUT2D eigenvalue weighted by Crippen LogP contribution is 2.27. The first-order valence-corrected chi connectivity index (χ1v) is 9.25. The van der Waals surface area contributed by atoms with E-state index in [0.29, 0.717) is 16.3 Å². The molecule has 0 unspecified atom stereocenters. The molecule has 1 amide bonds. The Morgan fingerprint density at radius 1 is 1.11 bits per heavy atom. The van der Waals surface area contributed by atoms with E-state index in [-0.39, 0.29) is 5.91 Å². The maximum Gasteiger partial charge on any atom is 0.259 e. The minimum absolute atomic E-state index is 0.203. The second-order valence-electron chi connectivity index (χ2n) is 6.61. The smallest absolute Gasteiger partial charge is 0.259 e. The van der Waals surface area contributed by atoms with Crippen LogP contribution in [0.15, 0.2) is 54.7 Å².